The van der Waals surface area contributed by atoms with Crippen LogP contribution in [0.2, 0.25) is 0 Å². The number of benzene rings is 1. The monoisotopic (exact) mass is 408 g/mol. The minimum atomic E-state index is -3.04. The maximum Gasteiger partial charge on any atom is 0.236 e. The van der Waals surface area contributed by atoms with Gasteiger partial charge < -0.3 is 4.90 Å². The quantitative estimate of drug-likeness (QED) is 0.681. The fraction of sp³-hybridized carbons (Fsp3) is 0.500. The van der Waals surface area contributed by atoms with Gasteiger partial charge in [0.2, 0.25) is 5.91 Å². The van der Waals surface area contributed by atoms with Crippen molar-refractivity contribution in [2.75, 3.05) is 18.1 Å². The lowest BCUT2D eigenvalue weighted by Crippen LogP contribution is -2.44. The first-order valence-corrected chi connectivity index (χ1v) is 11.7. The Bertz CT molecular complexity index is 912. The SMILES string of the molecule is CCN(C(=O)[C@H](C)Sc1nnc(C)n1-c1ccccc1)[C@H]1CCS(=O)(=O)C1. The average molecular weight is 409 g/mol. The summed E-state index contributed by atoms with van der Waals surface area (Å²) < 4.78 is 25.5. The van der Waals surface area contributed by atoms with E-state index in [1.165, 1.54) is 11.8 Å². The van der Waals surface area contributed by atoms with Crippen molar-refractivity contribution in [3.05, 3.63) is 36.2 Å². The highest BCUT2D eigenvalue weighted by Gasteiger charge is 2.35. The Morgan fingerprint density at radius 3 is 2.63 bits per heavy atom. The van der Waals surface area contributed by atoms with Gasteiger partial charge in [-0.1, -0.05) is 30.0 Å². The first kappa shape index (κ1) is 19.9. The smallest absolute Gasteiger partial charge is 0.236 e. The van der Waals surface area contributed by atoms with Crippen LogP contribution in [0.15, 0.2) is 35.5 Å². The van der Waals surface area contributed by atoms with E-state index in [1.807, 2.05) is 55.7 Å². The number of aryl methyl sites for hydroxylation is 1. The summed E-state index contributed by atoms with van der Waals surface area (Å²) in [5.41, 5.74) is 0.941. The van der Waals surface area contributed by atoms with E-state index in [-0.39, 0.29) is 28.7 Å². The van der Waals surface area contributed by atoms with Gasteiger partial charge in [0.25, 0.3) is 0 Å². The van der Waals surface area contributed by atoms with E-state index in [0.29, 0.717) is 18.1 Å². The molecule has 1 aromatic carbocycles. The van der Waals surface area contributed by atoms with Crippen LogP contribution >= 0.6 is 11.8 Å². The van der Waals surface area contributed by atoms with Gasteiger partial charge in [-0.2, -0.15) is 0 Å². The van der Waals surface area contributed by atoms with E-state index in [1.54, 1.807) is 4.90 Å². The Morgan fingerprint density at radius 2 is 2.04 bits per heavy atom. The van der Waals surface area contributed by atoms with Crippen molar-refractivity contribution in [3.8, 4) is 5.69 Å². The molecule has 0 spiro atoms. The number of carbonyl (C=O) groups is 1. The zero-order valence-electron chi connectivity index (χ0n) is 15.7. The van der Waals surface area contributed by atoms with Gasteiger partial charge in [0.05, 0.1) is 16.8 Å². The molecule has 2 aromatic rings. The summed E-state index contributed by atoms with van der Waals surface area (Å²) in [6.45, 7) is 6.09. The molecule has 0 N–H and O–H groups in total. The molecule has 1 aromatic heterocycles. The lowest BCUT2D eigenvalue weighted by Gasteiger charge is -2.29. The van der Waals surface area contributed by atoms with Crippen LogP contribution in [0, 0.1) is 6.92 Å². The standard InChI is InChI=1S/C18H24N4O3S2/c1-4-21(16-10-11-27(24,25)12-16)17(23)13(2)26-18-20-19-14(3)22(18)15-8-6-5-7-9-15/h5-9,13,16H,4,10-12H2,1-3H3/t13-,16-/m0/s1. The second kappa shape index (κ2) is 8.02. The van der Waals surface area contributed by atoms with Crippen molar-refractivity contribution in [3.63, 3.8) is 0 Å². The number of sulfone groups is 1. The van der Waals surface area contributed by atoms with E-state index >= 15 is 0 Å². The third-order valence-corrected chi connectivity index (χ3v) is 7.49. The Hall–Kier alpha value is -1.87. The van der Waals surface area contributed by atoms with Crippen LogP contribution < -0.4 is 0 Å². The van der Waals surface area contributed by atoms with E-state index < -0.39 is 9.84 Å². The molecule has 1 fully saturated rings. The number of para-hydroxylation sites is 1. The van der Waals surface area contributed by atoms with E-state index in [4.69, 9.17) is 0 Å². The minimum absolute atomic E-state index is 0.0588. The molecule has 9 heteroatoms. The van der Waals surface area contributed by atoms with Crippen molar-refractivity contribution >= 4 is 27.5 Å². The van der Waals surface area contributed by atoms with Gasteiger partial charge in [0, 0.05) is 18.3 Å². The number of carbonyl (C=O) groups excluding carboxylic acids is 1. The summed E-state index contributed by atoms with van der Waals surface area (Å²) in [4.78, 5) is 14.7. The summed E-state index contributed by atoms with van der Waals surface area (Å²) in [5, 5.41) is 8.64. The van der Waals surface area contributed by atoms with Crippen LogP contribution in [0.5, 0.6) is 0 Å². The van der Waals surface area contributed by atoms with Crippen LogP contribution in [0.25, 0.3) is 5.69 Å². The first-order chi connectivity index (χ1) is 12.8. The molecule has 0 radical (unpaired) electrons. The second-order valence-electron chi connectivity index (χ2n) is 6.64. The molecule has 1 amide bonds. The fourth-order valence-electron chi connectivity index (χ4n) is 3.35. The normalized spacial score (nSPS) is 19.7. The van der Waals surface area contributed by atoms with E-state index in [9.17, 15) is 13.2 Å². The molecular formula is C18H24N4O3S2. The van der Waals surface area contributed by atoms with Crippen molar-refractivity contribution in [1.82, 2.24) is 19.7 Å². The Labute approximate surface area is 164 Å². The molecular weight excluding hydrogens is 384 g/mol. The summed E-state index contributed by atoms with van der Waals surface area (Å²) in [6.07, 6.45) is 0.513. The number of hydrogen-bond donors (Lipinski definition) is 0. The lowest BCUT2D eigenvalue weighted by molar-refractivity contribution is -0.131. The highest BCUT2D eigenvalue weighted by Crippen LogP contribution is 2.28. The lowest BCUT2D eigenvalue weighted by atomic mass is 10.2. The van der Waals surface area contributed by atoms with E-state index in [0.717, 1.165) is 11.5 Å². The Balaban J connectivity index is 1.77. The third-order valence-electron chi connectivity index (χ3n) is 4.71. The topological polar surface area (TPSA) is 85.2 Å². The van der Waals surface area contributed by atoms with Gasteiger partial charge in [0.1, 0.15) is 5.82 Å². The van der Waals surface area contributed by atoms with Gasteiger partial charge in [0.15, 0.2) is 15.0 Å². The second-order valence-corrected chi connectivity index (χ2v) is 10.2. The van der Waals surface area contributed by atoms with Gasteiger partial charge in [-0.3, -0.25) is 9.36 Å². The van der Waals surface area contributed by atoms with Crippen molar-refractivity contribution in [2.45, 2.75) is 43.6 Å². The molecule has 0 unspecified atom stereocenters. The van der Waals surface area contributed by atoms with Crippen molar-refractivity contribution < 1.29 is 13.2 Å². The predicted molar refractivity (Wildman–Crippen MR) is 106 cm³/mol. The van der Waals surface area contributed by atoms with Crippen LogP contribution in [-0.2, 0) is 14.6 Å². The molecule has 1 saturated heterocycles. The largest absolute Gasteiger partial charge is 0.338 e. The summed E-state index contributed by atoms with van der Waals surface area (Å²) >= 11 is 1.35. The molecule has 0 bridgehead atoms. The van der Waals surface area contributed by atoms with Gasteiger partial charge >= 0.3 is 0 Å². The maximum atomic E-state index is 13.0. The summed E-state index contributed by atoms with van der Waals surface area (Å²) in [6, 6.07) is 9.53. The highest BCUT2D eigenvalue weighted by molar-refractivity contribution is 8.00. The van der Waals surface area contributed by atoms with E-state index in [2.05, 4.69) is 10.2 Å². The van der Waals surface area contributed by atoms with Crippen LogP contribution in [0.1, 0.15) is 26.1 Å². The van der Waals surface area contributed by atoms with Crippen LogP contribution in [0.3, 0.4) is 0 Å². The Morgan fingerprint density at radius 1 is 1.33 bits per heavy atom. The zero-order chi connectivity index (χ0) is 19.6. The molecule has 7 nitrogen and oxygen atoms in total. The van der Waals surface area contributed by atoms with Gasteiger partial charge in [-0.25, -0.2) is 8.42 Å². The maximum absolute atomic E-state index is 13.0. The number of nitrogens with zero attached hydrogens (tertiary/aromatic N) is 4. The molecule has 27 heavy (non-hydrogen) atoms. The molecule has 2 heterocycles. The van der Waals surface area contributed by atoms with Gasteiger partial charge in [-0.05, 0) is 39.3 Å². The summed E-state index contributed by atoms with van der Waals surface area (Å²) in [5.74, 6) is 0.899. The molecule has 1 aliphatic rings. The predicted octanol–water partition coefficient (Wildman–Crippen LogP) is 2.09. The highest BCUT2D eigenvalue weighted by atomic mass is 32.2. The number of rotatable bonds is 6. The molecule has 3 rings (SSSR count). The molecule has 2 atom stereocenters. The Kier molecular flexibility index (Phi) is 5.90. The molecule has 0 aliphatic carbocycles. The molecule has 146 valence electrons. The summed E-state index contributed by atoms with van der Waals surface area (Å²) in [7, 11) is -3.04. The number of aromatic nitrogens is 3. The number of thioether (sulfide) groups is 1. The van der Waals surface area contributed by atoms with Crippen LogP contribution in [0.4, 0.5) is 0 Å². The number of amides is 1. The minimum Gasteiger partial charge on any atom is -0.338 e. The first-order valence-electron chi connectivity index (χ1n) is 8.97. The molecule has 1 aliphatic heterocycles. The van der Waals surface area contributed by atoms with Crippen molar-refractivity contribution in [2.24, 2.45) is 0 Å². The van der Waals surface area contributed by atoms with Crippen LogP contribution in [-0.4, -0.2) is 63.3 Å². The van der Waals surface area contributed by atoms with Gasteiger partial charge in [-0.15, -0.1) is 10.2 Å². The third kappa shape index (κ3) is 4.35. The average Bonchev–Trinajstić information content (AvgIpc) is 3.18. The zero-order valence-corrected chi connectivity index (χ0v) is 17.3. The molecule has 0 saturated carbocycles. The number of hydrogen-bond acceptors (Lipinski definition) is 6. The fourth-order valence-corrected chi connectivity index (χ4v) is 6.06. The van der Waals surface area contributed by atoms with Crippen molar-refractivity contribution in [1.29, 1.82) is 0 Å².